The van der Waals surface area contributed by atoms with Gasteiger partial charge in [0.25, 0.3) is 0 Å². The molecule has 0 aromatic heterocycles. The normalized spacial score (nSPS) is 24.1. The summed E-state index contributed by atoms with van der Waals surface area (Å²) < 4.78 is 29.0. The van der Waals surface area contributed by atoms with E-state index in [1.165, 1.54) is 11.1 Å². The van der Waals surface area contributed by atoms with Gasteiger partial charge in [0, 0.05) is 52.4 Å². The Morgan fingerprint density at radius 3 is 2.61 bits per heavy atom. The molecule has 2 fully saturated rings. The first kappa shape index (κ1) is 27.2. The van der Waals surface area contributed by atoms with Gasteiger partial charge in [-0.05, 0) is 54.3 Å². The van der Waals surface area contributed by atoms with Crippen LogP contribution in [0.3, 0.4) is 0 Å². The molecule has 208 valence electrons. The van der Waals surface area contributed by atoms with E-state index in [1.807, 2.05) is 0 Å². The first-order valence-electron chi connectivity index (χ1n) is 14.0. The standard InChI is InChI=1S/C30H43N3O5/c1-34-14-3-10-33-13-17-37-28-9-4-23(18-27(28)33)22-38-29-20-31-19-25(21-32-11-15-36-16-12-32)30(29)24-5-7-26(35-2)8-6-24/h4-9,18,25,29-31H,3,10-17,19-22H2,1-2H3/t25-,29-,30-/m0/s1. The summed E-state index contributed by atoms with van der Waals surface area (Å²) in [6.07, 6.45) is 1.08. The van der Waals surface area contributed by atoms with Crippen molar-refractivity contribution >= 4 is 5.69 Å². The van der Waals surface area contributed by atoms with E-state index in [0.29, 0.717) is 18.4 Å². The number of hydrogen-bond acceptors (Lipinski definition) is 8. The van der Waals surface area contributed by atoms with Crippen molar-refractivity contribution in [3.05, 3.63) is 53.6 Å². The number of rotatable bonds is 11. The second-order valence-electron chi connectivity index (χ2n) is 10.5. The third kappa shape index (κ3) is 6.79. The summed E-state index contributed by atoms with van der Waals surface area (Å²) in [4.78, 5) is 4.94. The Kier molecular flexibility index (Phi) is 9.76. The maximum Gasteiger partial charge on any atom is 0.142 e. The molecule has 8 heteroatoms. The average Bonchev–Trinajstić information content (AvgIpc) is 2.97. The molecule has 3 aliphatic rings. The summed E-state index contributed by atoms with van der Waals surface area (Å²) in [5.74, 6) is 2.60. The van der Waals surface area contributed by atoms with Crippen LogP contribution in [0.15, 0.2) is 42.5 Å². The molecule has 0 spiro atoms. The lowest BCUT2D eigenvalue weighted by Crippen LogP contribution is -2.51. The van der Waals surface area contributed by atoms with Crippen LogP contribution >= 0.6 is 0 Å². The first-order valence-corrected chi connectivity index (χ1v) is 14.0. The third-order valence-electron chi connectivity index (χ3n) is 7.98. The molecule has 0 amide bonds. The number of ether oxygens (including phenoxy) is 5. The lowest BCUT2D eigenvalue weighted by molar-refractivity contribution is -0.0212. The number of methoxy groups -OCH3 is 2. The van der Waals surface area contributed by atoms with Crippen molar-refractivity contribution in [2.45, 2.75) is 25.0 Å². The maximum atomic E-state index is 6.72. The van der Waals surface area contributed by atoms with Gasteiger partial charge in [-0.3, -0.25) is 4.90 Å². The Bertz CT molecular complexity index is 998. The molecule has 1 N–H and O–H groups in total. The molecule has 0 saturated carbocycles. The van der Waals surface area contributed by atoms with E-state index in [1.54, 1.807) is 14.2 Å². The van der Waals surface area contributed by atoms with Gasteiger partial charge < -0.3 is 33.9 Å². The van der Waals surface area contributed by atoms with Gasteiger partial charge in [-0.2, -0.15) is 0 Å². The lowest BCUT2D eigenvalue weighted by atomic mass is 9.78. The second-order valence-corrected chi connectivity index (χ2v) is 10.5. The Hall–Kier alpha value is -2.36. The van der Waals surface area contributed by atoms with E-state index in [9.17, 15) is 0 Å². The predicted octanol–water partition coefficient (Wildman–Crippen LogP) is 3.15. The van der Waals surface area contributed by atoms with Crippen LogP contribution in [0.5, 0.6) is 11.5 Å². The highest BCUT2D eigenvalue weighted by atomic mass is 16.5. The SMILES string of the molecule is COCCCN1CCOc2ccc(CO[C@H]3CNC[C@@H](CN4CCOCC4)[C@@H]3c3ccc(OC)cc3)cc21. The monoisotopic (exact) mass is 525 g/mol. The first-order chi connectivity index (χ1) is 18.7. The van der Waals surface area contributed by atoms with Crippen LogP contribution in [0.4, 0.5) is 5.69 Å². The number of hydrogen-bond donors (Lipinski definition) is 1. The fraction of sp³-hybridized carbons (Fsp3) is 0.600. The fourth-order valence-corrected chi connectivity index (χ4v) is 5.98. The number of morpholine rings is 1. The number of anilines is 1. The van der Waals surface area contributed by atoms with E-state index in [-0.39, 0.29) is 6.10 Å². The van der Waals surface area contributed by atoms with E-state index in [4.69, 9.17) is 23.7 Å². The molecular formula is C30H43N3O5. The summed E-state index contributed by atoms with van der Waals surface area (Å²) in [6, 6.07) is 15.0. The highest BCUT2D eigenvalue weighted by Crippen LogP contribution is 2.36. The molecular weight excluding hydrogens is 482 g/mol. The van der Waals surface area contributed by atoms with E-state index < -0.39 is 0 Å². The van der Waals surface area contributed by atoms with Gasteiger partial charge in [0.15, 0.2) is 0 Å². The zero-order valence-electron chi connectivity index (χ0n) is 22.9. The number of benzene rings is 2. The molecule has 2 aromatic rings. The molecule has 3 atom stereocenters. The lowest BCUT2D eigenvalue weighted by Gasteiger charge is -2.42. The molecule has 38 heavy (non-hydrogen) atoms. The molecule has 8 nitrogen and oxygen atoms in total. The minimum absolute atomic E-state index is 0.0771. The van der Waals surface area contributed by atoms with Gasteiger partial charge in [-0.25, -0.2) is 0 Å². The summed E-state index contributed by atoms with van der Waals surface area (Å²) in [7, 11) is 3.47. The Morgan fingerprint density at radius 1 is 0.974 bits per heavy atom. The molecule has 3 aliphatic heterocycles. The summed E-state index contributed by atoms with van der Waals surface area (Å²) in [5.41, 5.74) is 3.65. The van der Waals surface area contributed by atoms with Crippen LogP contribution < -0.4 is 19.7 Å². The van der Waals surface area contributed by atoms with E-state index >= 15 is 0 Å². The van der Waals surface area contributed by atoms with Crippen molar-refractivity contribution in [2.75, 3.05) is 91.4 Å². The molecule has 0 radical (unpaired) electrons. The van der Waals surface area contributed by atoms with E-state index in [2.05, 4.69) is 57.6 Å². The predicted molar refractivity (Wildman–Crippen MR) is 149 cm³/mol. The Balaban J connectivity index is 1.30. The summed E-state index contributed by atoms with van der Waals surface area (Å²) in [6.45, 7) is 10.4. The van der Waals surface area contributed by atoms with Crippen molar-refractivity contribution in [1.82, 2.24) is 10.2 Å². The zero-order valence-corrected chi connectivity index (χ0v) is 22.9. The van der Waals surface area contributed by atoms with Gasteiger partial charge in [0.1, 0.15) is 18.1 Å². The second kappa shape index (κ2) is 13.6. The van der Waals surface area contributed by atoms with E-state index in [0.717, 1.165) is 95.8 Å². The molecule has 3 heterocycles. The summed E-state index contributed by atoms with van der Waals surface area (Å²) in [5, 5.41) is 3.67. The molecule has 5 rings (SSSR count). The van der Waals surface area contributed by atoms with Crippen molar-refractivity contribution in [3.8, 4) is 11.5 Å². The molecule has 0 aliphatic carbocycles. The maximum absolute atomic E-state index is 6.72. The zero-order chi connectivity index (χ0) is 26.2. The minimum Gasteiger partial charge on any atom is -0.497 e. The molecule has 2 aromatic carbocycles. The Labute approximate surface area is 227 Å². The molecule has 0 bridgehead atoms. The fourth-order valence-electron chi connectivity index (χ4n) is 5.98. The number of piperidine rings is 1. The van der Waals surface area contributed by atoms with Gasteiger partial charge in [-0.15, -0.1) is 0 Å². The minimum atomic E-state index is 0.0771. The highest BCUT2D eigenvalue weighted by molar-refractivity contribution is 5.61. The van der Waals surface area contributed by atoms with Gasteiger partial charge >= 0.3 is 0 Å². The van der Waals surface area contributed by atoms with Crippen LogP contribution in [0.25, 0.3) is 0 Å². The number of fused-ring (bicyclic) bond motifs is 1. The summed E-state index contributed by atoms with van der Waals surface area (Å²) >= 11 is 0. The Morgan fingerprint density at radius 2 is 1.82 bits per heavy atom. The van der Waals surface area contributed by atoms with Crippen LogP contribution in [-0.2, 0) is 20.8 Å². The van der Waals surface area contributed by atoms with Crippen molar-refractivity contribution in [2.24, 2.45) is 5.92 Å². The van der Waals surface area contributed by atoms with Crippen LogP contribution in [-0.4, -0.2) is 97.5 Å². The third-order valence-corrected chi connectivity index (χ3v) is 7.98. The highest BCUT2D eigenvalue weighted by Gasteiger charge is 2.36. The smallest absolute Gasteiger partial charge is 0.142 e. The molecule has 0 unspecified atom stereocenters. The number of nitrogens with zero attached hydrogens (tertiary/aromatic N) is 2. The van der Waals surface area contributed by atoms with Crippen LogP contribution in [0.1, 0.15) is 23.5 Å². The van der Waals surface area contributed by atoms with Crippen LogP contribution in [0.2, 0.25) is 0 Å². The van der Waals surface area contributed by atoms with Crippen molar-refractivity contribution < 1.29 is 23.7 Å². The van der Waals surface area contributed by atoms with Gasteiger partial charge in [-0.1, -0.05) is 18.2 Å². The number of nitrogens with one attached hydrogen (secondary N) is 1. The van der Waals surface area contributed by atoms with Crippen LogP contribution in [0, 0.1) is 5.92 Å². The molecule has 2 saturated heterocycles. The van der Waals surface area contributed by atoms with Gasteiger partial charge in [0.2, 0.25) is 0 Å². The average molecular weight is 526 g/mol. The quantitative estimate of drug-likeness (QED) is 0.449. The largest absolute Gasteiger partial charge is 0.497 e. The van der Waals surface area contributed by atoms with Crippen molar-refractivity contribution in [1.29, 1.82) is 0 Å². The van der Waals surface area contributed by atoms with Crippen molar-refractivity contribution in [3.63, 3.8) is 0 Å². The topological polar surface area (TPSA) is 64.7 Å². The van der Waals surface area contributed by atoms with Gasteiger partial charge in [0.05, 0.1) is 45.3 Å².